The van der Waals surface area contributed by atoms with E-state index in [9.17, 15) is 14.9 Å². The molecule has 126 valence electrons. The zero-order valence-corrected chi connectivity index (χ0v) is 14.3. The van der Waals surface area contributed by atoms with Crippen LogP contribution in [0.1, 0.15) is 36.0 Å². The van der Waals surface area contributed by atoms with E-state index in [2.05, 4.69) is 5.32 Å². The van der Waals surface area contributed by atoms with Gasteiger partial charge >= 0.3 is 0 Å². The number of hydrogen-bond donors (Lipinski definition) is 1. The van der Waals surface area contributed by atoms with E-state index in [1.807, 2.05) is 0 Å². The fourth-order valence-corrected chi connectivity index (χ4v) is 3.75. The van der Waals surface area contributed by atoms with Crippen molar-refractivity contribution < 1.29 is 9.72 Å². The first-order valence-corrected chi connectivity index (χ1v) is 7.80. The third-order valence-electron chi connectivity index (χ3n) is 4.71. The minimum Gasteiger partial charge on any atom is -0.339 e. The first-order valence-electron chi connectivity index (χ1n) is 7.43. The normalized spacial score (nSPS) is 25.6. The summed E-state index contributed by atoms with van der Waals surface area (Å²) in [4.78, 5) is 24.6. The van der Waals surface area contributed by atoms with Crippen molar-refractivity contribution in [3.63, 3.8) is 0 Å². The number of rotatable bonds is 3. The minimum absolute atomic E-state index is 0. The summed E-state index contributed by atoms with van der Waals surface area (Å²) in [6.45, 7) is 0. The lowest BCUT2D eigenvalue weighted by Crippen LogP contribution is -2.48. The second-order valence-corrected chi connectivity index (χ2v) is 6.51. The van der Waals surface area contributed by atoms with Crippen molar-refractivity contribution in [2.45, 2.75) is 43.8 Å². The van der Waals surface area contributed by atoms with Gasteiger partial charge in [0.2, 0.25) is 0 Å². The molecule has 1 aromatic rings. The number of benzene rings is 1. The van der Waals surface area contributed by atoms with Crippen molar-refractivity contribution in [3.05, 3.63) is 38.9 Å². The number of nitro groups is 1. The predicted octanol–water partition coefficient (Wildman–Crippen LogP) is 3.03. The Hall–Kier alpha value is -1.37. The van der Waals surface area contributed by atoms with Crippen molar-refractivity contribution in [2.75, 3.05) is 7.05 Å². The Bertz CT molecular complexity index is 614. The molecule has 2 fully saturated rings. The van der Waals surface area contributed by atoms with Gasteiger partial charge in [-0.3, -0.25) is 14.9 Å². The third-order valence-corrected chi connectivity index (χ3v) is 5.02. The van der Waals surface area contributed by atoms with E-state index in [0.29, 0.717) is 17.6 Å². The van der Waals surface area contributed by atoms with Crippen LogP contribution in [0.4, 0.5) is 5.69 Å². The number of nitrogens with zero attached hydrogens (tertiary/aromatic N) is 2. The first-order chi connectivity index (χ1) is 10.5. The smallest absolute Gasteiger partial charge is 0.270 e. The molecule has 0 aromatic heterocycles. The highest BCUT2D eigenvalue weighted by atomic mass is 35.5. The Morgan fingerprint density at radius 3 is 2.48 bits per heavy atom. The van der Waals surface area contributed by atoms with Crippen LogP contribution in [0.2, 0.25) is 5.02 Å². The molecule has 1 N–H and O–H groups in total. The Morgan fingerprint density at radius 1 is 1.35 bits per heavy atom. The molecule has 23 heavy (non-hydrogen) atoms. The second-order valence-electron chi connectivity index (χ2n) is 6.10. The zero-order chi connectivity index (χ0) is 15.9. The number of nitro benzene ring substituents is 1. The lowest BCUT2D eigenvalue weighted by atomic mass is 9.98. The Balaban J connectivity index is 0.00000192. The fraction of sp³-hybridized carbons (Fsp3) is 0.533. The summed E-state index contributed by atoms with van der Waals surface area (Å²) in [6.07, 6.45) is 4.23. The average molecular weight is 360 g/mol. The number of nitrogens with one attached hydrogen (secondary N) is 1. The highest BCUT2D eigenvalue weighted by Crippen LogP contribution is 2.31. The predicted molar refractivity (Wildman–Crippen MR) is 90.4 cm³/mol. The number of non-ortho nitro benzene ring substituents is 1. The van der Waals surface area contributed by atoms with Crippen molar-refractivity contribution in [2.24, 2.45) is 0 Å². The van der Waals surface area contributed by atoms with Gasteiger partial charge in [0.1, 0.15) is 0 Å². The summed E-state index contributed by atoms with van der Waals surface area (Å²) in [5.74, 6) is -0.175. The lowest BCUT2D eigenvalue weighted by molar-refractivity contribution is -0.384. The molecule has 1 aromatic carbocycles. The molecule has 0 saturated carbocycles. The van der Waals surface area contributed by atoms with Crippen LogP contribution in [0, 0.1) is 10.1 Å². The van der Waals surface area contributed by atoms with Crippen LogP contribution in [-0.2, 0) is 0 Å². The zero-order valence-electron chi connectivity index (χ0n) is 12.7. The number of piperidine rings is 1. The first kappa shape index (κ1) is 18.0. The maximum atomic E-state index is 12.6. The van der Waals surface area contributed by atoms with Gasteiger partial charge in [0.15, 0.2) is 0 Å². The van der Waals surface area contributed by atoms with Crippen molar-refractivity contribution in [1.29, 1.82) is 0 Å². The number of fused-ring (bicyclic) bond motifs is 2. The fourth-order valence-electron chi connectivity index (χ4n) is 3.49. The van der Waals surface area contributed by atoms with Crippen LogP contribution in [-0.4, -0.2) is 40.9 Å². The van der Waals surface area contributed by atoms with Gasteiger partial charge in [-0.15, -0.1) is 12.4 Å². The van der Waals surface area contributed by atoms with Gasteiger partial charge in [0.05, 0.1) is 15.5 Å². The SMILES string of the molecule is CN(C(=O)c1ccc([N+](=O)[O-])cc1Cl)C1CC2CCC(C1)N2.Cl. The van der Waals surface area contributed by atoms with Crippen LogP contribution in [0.3, 0.4) is 0 Å². The summed E-state index contributed by atoms with van der Waals surface area (Å²) in [5, 5.41) is 14.4. The molecular formula is C15H19Cl2N3O3. The monoisotopic (exact) mass is 359 g/mol. The standard InChI is InChI=1S/C15H18ClN3O3.ClH/c1-18(12-6-9-2-3-10(7-12)17-9)15(20)13-5-4-11(19(21)22)8-14(13)16;/h4-5,8-10,12,17H,2-3,6-7H2,1H3;1H. The van der Waals surface area contributed by atoms with Gasteiger partial charge in [-0.25, -0.2) is 0 Å². The van der Waals surface area contributed by atoms with Crippen LogP contribution in [0.25, 0.3) is 0 Å². The molecule has 2 heterocycles. The van der Waals surface area contributed by atoms with Gasteiger partial charge < -0.3 is 10.2 Å². The molecule has 3 rings (SSSR count). The van der Waals surface area contributed by atoms with E-state index in [4.69, 9.17) is 11.6 Å². The molecule has 2 aliphatic rings. The molecule has 2 bridgehead atoms. The van der Waals surface area contributed by atoms with Crippen LogP contribution >= 0.6 is 24.0 Å². The largest absolute Gasteiger partial charge is 0.339 e. The summed E-state index contributed by atoms with van der Waals surface area (Å²) in [5.41, 5.74) is 0.213. The van der Waals surface area contributed by atoms with Crippen molar-refractivity contribution >= 4 is 35.6 Å². The van der Waals surface area contributed by atoms with E-state index in [1.165, 1.54) is 31.0 Å². The van der Waals surface area contributed by atoms with Gasteiger partial charge in [-0.1, -0.05) is 11.6 Å². The number of halogens is 2. The van der Waals surface area contributed by atoms with E-state index in [-0.39, 0.29) is 35.1 Å². The van der Waals surface area contributed by atoms with E-state index >= 15 is 0 Å². The Labute approximate surface area is 145 Å². The van der Waals surface area contributed by atoms with Gasteiger partial charge in [0, 0.05) is 37.3 Å². The average Bonchev–Trinajstić information content (AvgIpc) is 2.84. The van der Waals surface area contributed by atoms with Crippen molar-refractivity contribution in [1.82, 2.24) is 10.2 Å². The maximum absolute atomic E-state index is 12.6. The second kappa shape index (κ2) is 7.03. The number of amides is 1. The molecule has 0 spiro atoms. The van der Waals surface area contributed by atoms with E-state index < -0.39 is 4.92 Å². The number of carbonyl (C=O) groups is 1. The van der Waals surface area contributed by atoms with Crippen LogP contribution < -0.4 is 5.32 Å². The summed E-state index contributed by atoms with van der Waals surface area (Å²) in [6, 6.07) is 5.16. The van der Waals surface area contributed by atoms with Crippen LogP contribution in [0.5, 0.6) is 0 Å². The maximum Gasteiger partial charge on any atom is 0.270 e. The highest BCUT2D eigenvalue weighted by Gasteiger charge is 2.36. The molecular weight excluding hydrogens is 341 g/mol. The third kappa shape index (κ3) is 3.59. The molecule has 2 unspecified atom stereocenters. The minimum atomic E-state index is -0.519. The highest BCUT2D eigenvalue weighted by molar-refractivity contribution is 6.34. The molecule has 1 amide bonds. The van der Waals surface area contributed by atoms with Crippen molar-refractivity contribution in [3.8, 4) is 0 Å². The lowest BCUT2D eigenvalue weighted by Gasteiger charge is -2.35. The number of carbonyl (C=O) groups excluding carboxylic acids is 1. The van der Waals surface area contributed by atoms with Gasteiger partial charge in [-0.2, -0.15) is 0 Å². The molecule has 6 nitrogen and oxygen atoms in total. The quantitative estimate of drug-likeness (QED) is 0.664. The van der Waals surface area contributed by atoms with Gasteiger partial charge in [0.25, 0.3) is 11.6 Å². The Morgan fingerprint density at radius 2 is 1.96 bits per heavy atom. The summed E-state index contributed by atoms with van der Waals surface area (Å²) >= 11 is 6.06. The van der Waals surface area contributed by atoms with Crippen LogP contribution in [0.15, 0.2) is 18.2 Å². The molecule has 0 radical (unpaired) electrons. The molecule has 0 aliphatic carbocycles. The molecule has 2 aliphatic heterocycles. The molecule has 8 heteroatoms. The summed E-state index contributed by atoms with van der Waals surface area (Å²) < 4.78 is 0. The van der Waals surface area contributed by atoms with Gasteiger partial charge in [-0.05, 0) is 31.7 Å². The van der Waals surface area contributed by atoms with E-state index in [0.717, 1.165) is 12.8 Å². The topological polar surface area (TPSA) is 75.5 Å². The molecule has 2 atom stereocenters. The summed E-state index contributed by atoms with van der Waals surface area (Å²) in [7, 11) is 1.79. The Kier molecular flexibility index (Phi) is 5.49. The molecule has 2 saturated heterocycles. The van der Waals surface area contributed by atoms with E-state index in [1.54, 1.807) is 11.9 Å². The number of hydrogen-bond acceptors (Lipinski definition) is 4.